The number of hydrogen-bond donors (Lipinski definition) is 0. The maximum atomic E-state index is 14.9. The first-order valence-corrected chi connectivity index (χ1v) is 28.2. The average molecular weight is 897 g/mol. The van der Waals surface area contributed by atoms with Gasteiger partial charge in [-0.2, -0.15) is 0 Å². The molecule has 5 fully saturated rings. The summed E-state index contributed by atoms with van der Waals surface area (Å²) in [6.07, 6.45) is 25.2. The van der Waals surface area contributed by atoms with Crippen LogP contribution in [0.15, 0.2) is 22.3 Å². The van der Waals surface area contributed by atoms with Crippen molar-refractivity contribution < 1.29 is 19.1 Å². The number of ether oxygens (including phenoxy) is 1. The van der Waals surface area contributed by atoms with Crippen molar-refractivity contribution in [2.75, 3.05) is 7.11 Å². The molecule has 0 aromatic heterocycles. The van der Waals surface area contributed by atoms with Crippen LogP contribution in [0, 0.1) is 98.1 Å². The molecule has 7 aliphatic carbocycles. The zero-order chi connectivity index (χ0) is 47.4. The first-order valence-electron chi connectivity index (χ1n) is 28.2. The van der Waals surface area contributed by atoms with E-state index in [0.29, 0.717) is 60.6 Å². The zero-order valence-electron chi connectivity index (χ0n) is 44.8. The number of hydrogen-bond acceptors (Lipinski definition) is 4. The summed E-state index contributed by atoms with van der Waals surface area (Å²) in [6.45, 7) is 31.7. The van der Waals surface area contributed by atoms with Gasteiger partial charge in [0.2, 0.25) is 0 Å². The fraction of sp³-hybridized carbons (Fsp3) is 0.885. The number of Topliss-reactive ketones (excluding diaryl/α,β-unsaturated/α-hetero) is 2. The normalized spacial score (nSPS) is 39.9. The van der Waals surface area contributed by atoms with Crippen LogP contribution in [0.25, 0.3) is 0 Å². The van der Waals surface area contributed by atoms with E-state index in [-0.39, 0.29) is 34.4 Å². The van der Waals surface area contributed by atoms with Crippen LogP contribution < -0.4 is 0 Å². The summed E-state index contributed by atoms with van der Waals surface area (Å²) < 4.78 is 5.34. The Bertz CT molecular complexity index is 1820. The van der Waals surface area contributed by atoms with Crippen molar-refractivity contribution in [2.45, 2.75) is 238 Å². The van der Waals surface area contributed by atoms with Crippen LogP contribution >= 0.6 is 0 Å². The van der Waals surface area contributed by atoms with Crippen molar-refractivity contribution in [1.82, 2.24) is 0 Å². The van der Waals surface area contributed by atoms with Crippen molar-refractivity contribution in [1.29, 1.82) is 0 Å². The van der Waals surface area contributed by atoms with Crippen LogP contribution in [0.4, 0.5) is 0 Å². The van der Waals surface area contributed by atoms with Crippen molar-refractivity contribution in [3.63, 3.8) is 0 Å². The quantitative estimate of drug-likeness (QED) is 0.102. The van der Waals surface area contributed by atoms with Gasteiger partial charge in [0, 0.05) is 24.2 Å². The molecule has 0 N–H and O–H groups in total. The maximum absolute atomic E-state index is 14.9. The van der Waals surface area contributed by atoms with E-state index in [1.807, 2.05) is 18.1 Å². The molecule has 0 bridgehead atoms. The van der Waals surface area contributed by atoms with Gasteiger partial charge < -0.3 is 4.74 Å². The Kier molecular flexibility index (Phi) is 15.4. The molecule has 1 unspecified atom stereocenters. The number of carbonyl (C=O) groups is 3. The number of fused-ring (bicyclic) bond motifs is 6. The number of esters is 1. The Hall–Kier alpha value is -1.71. The van der Waals surface area contributed by atoms with Gasteiger partial charge in [0.15, 0.2) is 0 Å². The Morgan fingerprint density at radius 1 is 0.646 bits per heavy atom. The van der Waals surface area contributed by atoms with Crippen molar-refractivity contribution >= 4 is 17.5 Å². The number of carbonyl (C=O) groups excluding carboxylic acids is 3. The van der Waals surface area contributed by atoms with Crippen LogP contribution in [-0.4, -0.2) is 24.6 Å². The van der Waals surface area contributed by atoms with Gasteiger partial charge in [-0.05, 0) is 203 Å². The Morgan fingerprint density at radius 2 is 1.17 bits per heavy atom. The minimum atomic E-state index is -0.635. The zero-order valence-corrected chi connectivity index (χ0v) is 44.8. The van der Waals surface area contributed by atoms with Crippen molar-refractivity contribution in [3.8, 4) is 0 Å². The molecule has 0 aromatic rings. The van der Waals surface area contributed by atoms with Gasteiger partial charge in [-0.1, -0.05) is 131 Å². The molecule has 0 aliphatic heterocycles. The summed E-state index contributed by atoms with van der Waals surface area (Å²) in [7, 11) is 1.51. The van der Waals surface area contributed by atoms with E-state index in [4.69, 9.17) is 4.74 Å². The average Bonchev–Trinajstić information content (AvgIpc) is 3.81. The minimum Gasteiger partial charge on any atom is -0.469 e. The minimum absolute atomic E-state index is 0.0867. The van der Waals surface area contributed by atoms with Gasteiger partial charge in [-0.3, -0.25) is 14.4 Å². The van der Waals surface area contributed by atoms with Gasteiger partial charge in [0.1, 0.15) is 11.6 Å². The molecule has 0 heterocycles. The standard InChI is InChI=1S/C61H100O4/c1-15-43(38(3)4)19-17-40(7)48-23-25-50-45-21-22-52-47(55(63)30-34-59(52,12)53(45)28-32-57(48,50)10)37-61(42(9)62)36-27-46-51-26-24-49(41(8)18-20-44(16-2)39(5)6)58(51,11)33-29-54(46)60(61,13)35-31-56(64)65-14/h38-41,43-44,47-49,52-54H,15-37H2,1-14H3/t40-,41-,43+,44+,47?,48-,49-,52+,53+,54+,57-,58-,59+,60-,61+/m1/s1. The Balaban J connectivity index is 1.17. The lowest BCUT2D eigenvalue weighted by atomic mass is 9.41. The van der Waals surface area contributed by atoms with Crippen LogP contribution in [0.2, 0.25) is 0 Å². The molecule has 7 aliphatic rings. The maximum Gasteiger partial charge on any atom is 0.305 e. The molecule has 0 amide bonds. The van der Waals surface area contributed by atoms with E-state index in [1.165, 1.54) is 90.6 Å². The Morgan fingerprint density at radius 3 is 1.66 bits per heavy atom. The third-order valence-electron chi connectivity index (χ3n) is 23.4. The summed E-state index contributed by atoms with van der Waals surface area (Å²) in [4.78, 5) is 42.8. The molecule has 5 saturated carbocycles. The molecular formula is C61H100O4. The van der Waals surface area contributed by atoms with Gasteiger partial charge in [-0.15, -0.1) is 0 Å². The number of methoxy groups -OCH3 is 1. The molecule has 4 heteroatoms. The monoisotopic (exact) mass is 897 g/mol. The van der Waals surface area contributed by atoms with E-state index >= 15 is 0 Å². The highest BCUT2D eigenvalue weighted by Crippen LogP contribution is 2.71. The fourth-order valence-corrected chi connectivity index (χ4v) is 19.2. The van der Waals surface area contributed by atoms with Gasteiger partial charge in [-0.25, -0.2) is 0 Å². The van der Waals surface area contributed by atoms with Crippen LogP contribution in [0.3, 0.4) is 0 Å². The summed E-state index contributed by atoms with van der Waals surface area (Å²) in [5.74, 6) is 7.70. The van der Waals surface area contributed by atoms with Gasteiger partial charge >= 0.3 is 5.97 Å². The molecule has 0 radical (unpaired) electrons. The largest absolute Gasteiger partial charge is 0.469 e. The van der Waals surface area contributed by atoms with Crippen molar-refractivity contribution in [3.05, 3.63) is 22.3 Å². The third-order valence-corrected chi connectivity index (χ3v) is 23.4. The van der Waals surface area contributed by atoms with Crippen LogP contribution in [0.1, 0.15) is 238 Å². The first kappa shape index (κ1) is 51.1. The number of rotatable bonds is 18. The molecule has 0 saturated heterocycles. The van der Waals surface area contributed by atoms with Crippen LogP contribution in [-0.2, 0) is 19.1 Å². The SMILES string of the molecule is CC[C@@H](CC[C@@H](C)[C@H]1CCC2=C3CC[C@H]4C(C[C@]5(C(C)=O)CCC6=C7CC[C@H]([C@H](C)CC[C@H](CC)C(C)C)[C@@]7(C)CC[C@@H]6[C@@]5(C)CCC(=O)OC)C(=O)CC[C@]4(C)[C@H]3CC[C@@]21C)C(C)C. The molecule has 4 nitrogen and oxygen atoms in total. The lowest BCUT2D eigenvalue weighted by Crippen LogP contribution is -2.58. The summed E-state index contributed by atoms with van der Waals surface area (Å²) in [5, 5.41) is 0. The number of allylic oxidation sites excluding steroid dienone is 4. The predicted octanol–water partition coefficient (Wildman–Crippen LogP) is 16.5. The highest BCUT2D eigenvalue weighted by Gasteiger charge is 2.65. The third kappa shape index (κ3) is 8.70. The van der Waals surface area contributed by atoms with Crippen molar-refractivity contribution in [2.24, 2.45) is 98.1 Å². The summed E-state index contributed by atoms with van der Waals surface area (Å²) in [5.41, 5.74) is 6.62. The van der Waals surface area contributed by atoms with E-state index in [2.05, 4.69) is 83.1 Å². The lowest BCUT2D eigenvalue weighted by Gasteiger charge is -2.62. The second-order valence-corrected chi connectivity index (χ2v) is 26.3. The second kappa shape index (κ2) is 19.6. The molecule has 7 rings (SSSR count). The van der Waals surface area contributed by atoms with Gasteiger partial charge in [0.05, 0.1) is 7.11 Å². The molecular weight excluding hydrogens is 797 g/mol. The molecule has 65 heavy (non-hydrogen) atoms. The van der Waals surface area contributed by atoms with E-state index < -0.39 is 10.8 Å². The summed E-state index contributed by atoms with van der Waals surface area (Å²) >= 11 is 0. The lowest BCUT2D eigenvalue weighted by molar-refractivity contribution is -0.158. The molecule has 0 spiro atoms. The Labute approximate surface area is 400 Å². The van der Waals surface area contributed by atoms with E-state index in [0.717, 1.165) is 74.0 Å². The topological polar surface area (TPSA) is 60.4 Å². The highest BCUT2D eigenvalue weighted by molar-refractivity contribution is 5.87. The predicted molar refractivity (Wildman–Crippen MR) is 270 cm³/mol. The molecule has 0 aromatic carbocycles. The summed E-state index contributed by atoms with van der Waals surface area (Å²) in [6, 6.07) is 0. The molecule has 15 atom stereocenters. The second-order valence-electron chi connectivity index (χ2n) is 26.3. The number of ketones is 2. The smallest absolute Gasteiger partial charge is 0.305 e. The first-order chi connectivity index (χ1) is 30.7. The molecule has 368 valence electrons. The fourth-order valence-electron chi connectivity index (χ4n) is 19.2. The van der Waals surface area contributed by atoms with E-state index in [1.54, 1.807) is 11.1 Å². The van der Waals surface area contributed by atoms with E-state index in [9.17, 15) is 14.4 Å². The highest BCUT2D eigenvalue weighted by atomic mass is 16.5. The van der Waals surface area contributed by atoms with Gasteiger partial charge in [0.25, 0.3) is 0 Å². The van der Waals surface area contributed by atoms with Crippen LogP contribution in [0.5, 0.6) is 0 Å².